The van der Waals surface area contributed by atoms with Crippen LogP contribution in [0.15, 0.2) is 58.4 Å². The average molecular weight is 355 g/mol. The minimum absolute atomic E-state index is 0.0436. The van der Waals surface area contributed by atoms with Crippen LogP contribution in [0.4, 0.5) is 0 Å². The summed E-state index contributed by atoms with van der Waals surface area (Å²) in [4.78, 5) is 20.4. The Bertz CT molecular complexity index is 869. The summed E-state index contributed by atoms with van der Waals surface area (Å²) in [5.41, 5.74) is 3.78. The van der Waals surface area contributed by atoms with Gasteiger partial charge in [0.15, 0.2) is 5.17 Å². The number of aryl methyl sites for hydroxylation is 1. The number of amidine groups is 1. The second-order valence-electron chi connectivity index (χ2n) is 5.80. The molecular weight excluding hydrogens is 340 g/mol. The van der Waals surface area contributed by atoms with Crippen LogP contribution < -0.4 is 0 Å². The highest BCUT2D eigenvalue weighted by Crippen LogP contribution is 2.43. The van der Waals surface area contributed by atoms with E-state index in [0.29, 0.717) is 10.6 Å². The number of carbonyl (C=O) groups is 1. The lowest BCUT2D eigenvalue weighted by molar-refractivity contribution is 0.104. The van der Waals surface area contributed by atoms with Crippen molar-refractivity contribution in [1.82, 2.24) is 4.90 Å². The van der Waals surface area contributed by atoms with Crippen LogP contribution in [0.3, 0.4) is 0 Å². The third kappa shape index (κ3) is 2.66. The fourth-order valence-electron chi connectivity index (χ4n) is 2.87. The third-order valence-electron chi connectivity index (χ3n) is 4.12. The van der Waals surface area contributed by atoms with Crippen LogP contribution in [0.25, 0.3) is 5.70 Å². The Balaban J connectivity index is 1.81. The number of hydrogen-bond donors (Lipinski definition) is 0. The second kappa shape index (κ2) is 6.11. The highest BCUT2D eigenvalue weighted by molar-refractivity contribution is 8.18. The van der Waals surface area contributed by atoms with Crippen LogP contribution >= 0.6 is 23.4 Å². The summed E-state index contributed by atoms with van der Waals surface area (Å²) in [7, 11) is 0. The van der Waals surface area contributed by atoms with Gasteiger partial charge in [-0.3, -0.25) is 9.79 Å². The summed E-state index contributed by atoms with van der Waals surface area (Å²) in [6.07, 6.45) is 0. The topological polar surface area (TPSA) is 32.7 Å². The van der Waals surface area contributed by atoms with E-state index in [0.717, 1.165) is 40.0 Å². The Morgan fingerprint density at radius 1 is 1.12 bits per heavy atom. The number of ketones is 1. The lowest BCUT2D eigenvalue weighted by atomic mass is 10.0. The maximum atomic E-state index is 13.1. The predicted molar refractivity (Wildman–Crippen MR) is 100 cm³/mol. The first-order valence-corrected chi connectivity index (χ1v) is 8.94. The summed E-state index contributed by atoms with van der Waals surface area (Å²) in [6.45, 7) is 3.60. The molecule has 2 aliphatic heterocycles. The lowest BCUT2D eigenvalue weighted by Crippen LogP contribution is -2.20. The molecule has 0 radical (unpaired) electrons. The van der Waals surface area contributed by atoms with Gasteiger partial charge in [-0.05, 0) is 36.4 Å². The maximum absolute atomic E-state index is 13.1. The molecule has 24 heavy (non-hydrogen) atoms. The lowest BCUT2D eigenvalue weighted by Gasteiger charge is -2.17. The molecule has 0 amide bonds. The van der Waals surface area contributed by atoms with Gasteiger partial charge in [0.1, 0.15) is 0 Å². The van der Waals surface area contributed by atoms with Crippen molar-refractivity contribution >= 4 is 40.0 Å². The van der Waals surface area contributed by atoms with Gasteiger partial charge >= 0.3 is 0 Å². The van der Waals surface area contributed by atoms with E-state index in [1.807, 2.05) is 55.5 Å². The zero-order valence-electron chi connectivity index (χ0n) is 13.1. The Hall–Kier alpha value is -2.04. The molecule has 0 aliphatic carbocycles. The molecule has 0 atom stereocenters. The Kier molecular flexibility index (Phi) is 3.94. The number of benzene rings is 2. The molecule has 4 rings (SSSR count). The normalized spacial score (nSPS) is 16.4. The molecule has 0 unspecified atom stereocenters. The van der Waals surface area contributed by atoms with Crippen LogP contribution in [-0.4, -0.2) is 28.9 Å². The summed E-state index contributed by atoms with van der Waals surface area (Å²) in [5.74, 6) is 0.0436. The highest BCUT2D eigenvalue weighted by atomic mass is 35.5. The largest absolute Gasteiger partial charge is 0.317 e. The van der Waals surface area contributed by atoms with Gasteiger partial charge in [0, 0.05) is 17.1 Å². The van der Waals surface area contributed by atoms with Crippen LogP contribution in [0.2, 0.25) is 5.02 Å². The molecule has 2 heterocycles. The molecule has 0 N–H and O–H groups in total. The van der Waals surface area contributed by atoms with Crippen LogP contribution in [0.5, 0.6) is 0 Å². The van der Waals surface area contributed by atoms with Gasteiger partial charge in [0.2, 0.25) is 5.78 Å². The number of carbonyl (C=O) groups excluding carboxylic acids is 1. The molecule has 0 bridgehead atoms. The zero-order valence-corrected chi connectivity index (χ0v) is 14.7. The average Bonchev–Trinajstić information content (AvgIpc) is 3.17. The van der Waals surface area contributed by atoms with Crippen molar-refractivity contribution in [3.05, 3.63) is 75.1 Å². The fourth-order valence-corrected chi connectivity index (χ4v) is 4.16. The molecule has 2 aromatic carbocycles. The van der Waals surface area contributed by atoms with E-state index in [9.17, 15) is 4.79 Å². The van der Waals surface area contributed by atoms with Crippen molar-refractivity contribution < 1.29 is 4.79 Å². The van der Waals surface area contributed by atoms with Gasteiger partial charge in [-0.2, -0.15) is 0 Å². The van der Waals surface area contributed by atoms with Crippen LogP contribution in [0, 0.1) is 6.92 Å². The summed E-state index contributed by atoms with van der Waals surface area (Å²) >= 11 is 7.48. The first kappa shape index (κ1) is 15.5. The number of rotatable bonds is 3. The Labute approximate surface area is 150 Å². The SMILES string of the molecule is Cc1ccc(C(=O)C2=C(c3ccc(Cl)cc3)N3CCN=C3S2)cc1. The van der Waals surface area contributed by atoms with E-state index < -0.39 is 0 Å². The van der Waals surface area contributed by atoms with Gasteiger partial charge in [0.25, 0.3) is 0 Å². The van der Waals surface area contributed by atoms with Crippen molar-refractivity contribution in [3.63, 3.8) is 0 Å². The van der Waals surface area contributed by atoms with E-state index in [4.69, 9.17) is 11.6 Å². The molecule has 3 nitrogen and oxygen atoms in total. The predicted octanol–water partition coefficient (Wildman–Crippen LogP) is 4.62. The third-order valence-corrected chi connectivity index (χ3v) is 5.48. The maximum Gasteiger partial charge on any atom is 0.201 e. The first-order valence-electron chi connectivity index (χ1n) is 7.75. The van der Waals surface area contributed by atoms with E-state index >= 15 is 0 Å². The molecule has 2 aliphatic rings. The van der Waals surface area contributed by atoms with Crippen LogP contribution in [-0.2, 0) is 0 Å². The van der Waals surface area contributed by atoms with Gasteiger partial charge in [-0.25, -0.2) is 0 Å². The number of fused-ring (bicyclic) bond motifs is 1. The number of nitrogens with zero attached hydrogens (tertiary/aromatic N) is 2. The minimum Gasteiger partial charge on any atom is -0.317 e. The number of halogens is 1. The minimum atomic E-state index is 0.0436. The van der Waals surface area contributed by atoms with Crippen molar-refractivity contribution in [2.45, 2.75) is 6.92 Å². The number of thioether (sulfide) groups is 1. The van der Waals surface area contributed by atoms with Gasteiger partial charge < -0.3 is 4.90 Å². The molecule has 0 aromatic heterocycles. The molecule has 0 saturated carbocycles. The number of hydrogen-bond acceptors (Lipinski definition) is 4. The summed E-state index contributed by atoms with van der Waals surface area (Å²) in [6, 6.07) is 15.3. The first-order chi connectivity index (χ1) is 11.6. The van der Waals surface area contributed by atoms with E-state index in [-0.39, 0.29) is 5.78 Å². The molecular formula is C19H15ClN2OS. The molecule has 0 spiro atoms. The van der Waals surface area contributed by atoms with E-state index in [2.05, 4.69) is 9.89 Å². The van der Waals surface area contributed by atoms with Crippen molar-refractivity contribution in [2.75, 3.05) is 13.1 Å². The molecule has 0 saturated heterocycles. The molecule has 2 aromatic rings. The summed E-state index contributed by atoms with van der Waals surface area (Å²) < 4.78 is 0. The fraction of sp³-hybridized carbons (Fsp3) is 0.158. The second-order valence-corrected chi connectivity index (χ2v) is 7.21. The Morgan fingerprint density at radius 2 is 1.83 bits per heavy atom. The highest BCUT2D eigenvalue weighted by Gasteiger charge is 2.36. The smallest absolute Gasteiger partial charge is 0.201 e. The molecule has 5 heteroatoms. The number of aliphatic imine (C=N–C) groups is 1. The van der Waals surface area contributed by atoms with Gasteiger partial charge in [-0.15, -0.1) is 0 Å². The quantitative estimate of drug-likeness (QED) is 0.754. The van der Waals surface area contributed by atoms with Crippen molar-refractivity contribution in [3.8, 4) is 0 Å². The van der Waals surface area contributed by atoms with Gasteiger partial charge in [-0.1, -0.05) is 53.6 Å². The summed E-state index contributed by atoms with van der Waals surface area (Å²) in [5, 5.41) is 1.60. The molecule has 0 fully saturated rings. The van der Waals surface area contributed by atoms with E-state index in [1.54, 1.807) is 0 Å². The number of Topliss-reactive ketones (excluding diaryl/α,β-unsaturated/α-hetero) is 1. The Morgan fingerprint density at radius 3 is 2.54 bits per heavy atom. The number of allylic oxidation sites excluding steroid dienone is 1. The van der Waals surface area contributed by atoms with Crippen molar-refractivity contribution in [2.24, 2.45) is 4.99 Å². The van der Waals surface area contributed by atoms with Gasteiger partial charge in [0.05, 0.1) is 17.1 Å². The molecule has 120 valence electrons. The monoisotopic (exact) mass is 354 g/mol. The van der Waals surface area contributed by atoms with Crippen molar-refractivity contribution in [1.29, 1.82) is 0 Å². The van der Waals surface area contributed by atoms with Crippen LogP contribution in [0.1, 0.15) is 21.5 Å². The zero-order chi connectivity index (χ0) is 16.7. The van der Waals surface area contributed by atoms with E-state index in [1.165, 1.54) is 11.8 Å². The standard InChI is InChI=1S/C19H15ClN2OS/c1-12-2-4-14(5-3-12)17(23)18-16(13-6-8-15(20)9-7-13)22-11-10-21-19(22)24-18/h2-9H,10-11H2,1H3.